The summed E-state index contributed by atoms with van der Waals surface area (Å²) in [4.78, 5) is 0. The van der Waals surface area contributed by atoms with E-state index in [1.165, 1.54) is 4.31 Å². The number of benzene rings is 1. The lowest BCUT2D eigenvalue weighted by Crippen LogP contribution is -2.37. The molecule has 0 fully saturated rings. The van der Waals surface area contributed by atoms with Gasteiger partial charge in [-0.3, -0.25) is 0 Å². The Morgan fingerprint density at radius 3 is 2.52 bits per heavy atom. The molecule has 0 heterocycles. The maximum atomic E-state index is 11.6. The van der Waals surface area contributed by atoms with Crippen LogP contribution in [0.25, 0.3) is 0 Å². The zero-order chi connectivity index (χ0) is 15.7. The molecule has 0 amide bonds. The van der Waals surface area contributed by atoms with Crippen molar-refractivity contribution < 1.29 is 8.42 Å². The number of hydrogen-bond acceptors (Lipinski definition) is 3. The van der Waals surface area contributed by atoms with E-state index in [0.29, 0.717) is 31.2 Å². The zero-order valence-corrected chi connectivity index (χ0v) is 14.1. The summed E-state index contributed by atoms with van der Waals surface area (Å²) >= 11 is 5.17. The van der Waals surface area contributed by atoms with Crippen molar-refractivity contribution in [3.05, 3.63) is 35.9 Å². The third-order valence-electron chi connectivity index (χ3n) is 3.07. The predicted octanol–water partition coefficient (Wildman–Crippen LogP) is 1.32. The Morgan fingerprint density at radius 1 is 1.24 bits per heavy atom. The summed E-state index contributed by atoms with van der Waals surface area (Å²) in [6.45, 7) is 3.46. The van der Waals surface area contributed by atoms with E-state index in [1.54, 1.807) is 14.0 Å². The Balaban J connectivity index is 2.17. The van der Waals surface area contributed by atoms with Gasteiger partial charge in [0.15, 0.2) is 5.11 Å². The highest BCUT2D eigenvalue weighted by atomic mass is 32.2. The molecule has 0 unspecified atom stereocenters. The van der Waals surface area contributed by atoms with Crippen molar-refractivity contribution in [1.29, 1.82) is 0 Å². The number of thiocarbonyl (C=S) groups is 1. The maximum Gasteiger partial charge on any atom is 0.213 e. The van der Waals surface area contributed by atoms with E-state index in [0.717, 1.165) is 5.56 Å². The maximum absolute atomic E-state index is 11.6. The molecular weight excluding hydrogens is 306 g/mol. The fraction of sp³-hybridized carbons (Fsp3) is 0.500. The standard InChI is InChI=1S/C14H23N3O2S2/c1-3-21(18,19)17(2)11-7-10-15-14(20)16-12-13-8-5-4-6-9-13/h4-6,8-9H,3,7,10-12H2,1-2H3,(H2,15,16,20). The van der Waals surface area contributed by atoms with Gasteiger partial charge in [-0.2, -0.15) is 0 Å². The van der Waals surface area contributed by atoms with Crippen molar-refractivity contribution in [1.82, 2.24) is 14.9 Å². The van der Waals surface area contributed by atoms with Crippen LogP contribution in [-0.4, -0.2) is 43.7 Å². The molecular formula is C14H23N3O2S2. The van der Waals surface area contributed by atoms with E-state index in [1.807, 2.05) is 30.3 Å². The highest BCUT2D eigenvalue weighted by Crippen LogP contribution is 1.99. The minimum absolute atomic E-state index is 0.133. The van der Waals surface area contributed by atoms with Gasteiger partial charge in [0.25, 0.3) is 0 Å². The van der Waals surface area contributed by atoms with Gasteiger partial charge in [0.2, 0.25) is 10.0 Å². The molecule has 0 aromatic heterocycles. The lowest BCUT2D eigenvalue weighted by molar-refractivity contribution is 0.461. The summed E-state index contributed by atoms with van der Waals surface area (Å²) in [5.74, 6) is 0.133. The quantitative estimate of drug-likeness (QED) is 0.556. The van der Waals surface area contributed by atoms with E-state index in [2.05, 4.69) is 10.6 Å². The number of sulfonamides is 1. The van der Waals surface area contributed by atoms with Crippen molar-refractivity contribution in [3.63, 3.8) is 0 Å². The van der Waals surface area contributed by atoms with Crippen molar-refractivity contribution >= 4 is 27.4 Å². The van der Waals surface area contributed by atoms with Gasteiger partial charge in [-0.1, -0.05) is 30.3 Å². The van der Waals surface area contributed by atoms with Gasteiger partial charge in [0.1, 0.15) is 0 Å². The molecule has 1 aromatic rings. The summed E-state index contributed by atoms with van der Waals surface area (Å²) in [6.07, 6.45) is 0.711. The van der Waals surface area contributed by atoms with Crippen LogP contribution in [-0.2, 0) is 16.6 Å². The summed E-state index contributed by atoms with van der Waals surface area (Å²) in [7, 11) is -1.49. The highest BCUT2D eigenvalue weighted by Gasteiger charge is 2.13. The molecule has 118 valence electrons. The fourth-order valence-electron chi connectivity index (χ4n) is 1.70. The van der Waals surface area contributed by atoms with Crippen LogP contribution in [0.1, 0.15) is 18.9 Å². The van der Waals surface area contributed by atoms with Crippen LogP contribution in [0.2, 0.25) is 0 Å². The lowest BCUT2D eigenvalue weighted by atomic mass is 10.2. The molecule has 1 rings (SSSR count). The average molecular weight is 329 g/mol. The van der Waals surface area contributed by atoms with Crippen molar-refractivity contribution in [2.75, 3.05) is 25.9 Å². The van der Waals surface area contributed by atoms with Gasteiger partial charge in [-0.25, -0.2) is 12.7 Å². The van der Waals surface area contributed by atoms with Gasteiger partial charge in [-0.15, -0.1) is 0 Å². The molecule has 21 heavy (non-hydrogen) atoms. The van der Waals surface area contributed by atoms with Crippen LogP contribution < -0.4 is 10.6 Å². The molecule has 0 aliphatic carbocycles. The Labute approximate surface area is 132 Å². The second-order valence-corrected chi connectivity index (χ2v) is 7.44. The molecule has 1 aromatic carbocycles. The van der Waals surface area contributed by atoms with E-state index < -0.39 is 10.0 Å². The summed E-state index contributed by atoms with van der Waals surface area (Å²) in [6, 6.07) is 10.00. The van der Waals surface area contributed by atoms with Crippen LogP contribution in [0.15, 0.2) is 30.3 Å². The minimum Gasteiger partial charge on any atom is -0.363 e. The van der Waals surface area contributed by atoms with Gasteiger partial charge in [0, 0.05) is 26.7 Å². The molecule has 0 saturated heterocycles. The van der Waals surface area contributed by atoms with Gasteiger partial charge >= 0.3 is 0 Å². The van der Waals surface area contributed by atoms with Crippen molar-refractivity contribution in [3.8, 4) is 0 Å². The molecule has 0 saturated carbocycles. The van der Waals surface area contributed by atoms with E-state index in [9.17, 15) is 8.42 Å². The molecule has 0 atom stereocenters. The number of hydrogen-bond donors (Lipinski definition) is 2. The lowest BCUT2D eigenvalue weighted by Gasteiger charge is -2.16. The summed E-state index contributed by atoms with van der Waals surface area (Å²) < 4.78 is 24.5. The average Bonchev–Trinajstić information content (AvgIpc) is 2.50. The van der Waals surface area contributed by atoms with Gasteiger partial charge < -0.3 is 10.6 Å². The van der Waals surface area contributed by atoms with E-state index in [4.69, 9.17) is 12.2 Å². The van der Waals surface area contributed by atoms with E-state index >= 15 is 0 Å². The Kier molecular flexibility index (Phi) is 7.63. The first-order valence-corrected chi connectivity index (χ1v) is 8.97. The van der Waals surface area contributed by atoms with Crippen LogP contribution in [0.3, 0.4) is 0 Å². The number of nitrogens with one attached hydrogen (secondary N) is 2. The summed E-state index contributed by atoms with van der Waals surface area (Å²) in [5.41, 5.74) is 1.16. The number of nitrogens with zero attached hydrogens (tertiary/aromatic N) is 1. The summed E-state index contributed by atoms with van der Waals surface area (Å²) in [5, 5.41) is 6.78. The van der Waals surface area contributed by atoms with Gasteiger partial charge in [-0.05, 0) is 31.1 Å². The van der Waals surface area contributed by atoms with Gasteiger partial charge in [0.05, 0.1) is 5.75 Å². The molecule has 0 spiro atoms. The Hall–Kier alpha value is -1.18. The molecule has 0 radical (unpaired) electrons. The van der Waals surface area contributed by atoms with Crippen LogP contribution in [0, 0.1) is 0 Å². The largest absolute Gasteiger partial charge is 0.363 e. The zero-order valence-electron chi connectivity index (χ0n) is 12.5. The highest BCUT2D eigenvalue weighted by molar-refractivity contribution is 7.89. The number of rotatable bonds is 8. The van der Waals surface area contributed by atoms with E-state index in [-0.39, 0.29) is 5.75 Å². The third-order valence-corrected chi connectivity index (χ3v) is 5.22. The predicted molar refractivity (Wildman–Crippen MR) is 90.6 cm³/mol. The van der Waals surface area contributed by atoms with Crippen LogP contribution in [0.4, 0.5) is 0 Å². The first-order valence-electron chi connectivity index (χ1n) is 6.95. The Bertz CT molecular complexity index is 532. The molecule has 0 aliphatic rings. The molecule has 0 bridgehead atoms. The topological polar surface area (TPSA) is 61.4 Å². The first kappa shape index (κ1) is 17.9. The van der Waals surface area contributed by atoms with Crippen molar-refractivity contribution in [2.24, 2.45) is 0 Å². The second kappa shape index (κ2) is 8.96. The normalized spacial score (nSPS) is 11.4. The monoisotopic (exact) mass is 329 g/mol. The molecule has 7 heteroatoms. The molecule has 0 aliphatic heterocycles. The fourth-order valence-corrected chi connectivity index (χ4v) is 2.73. The molecule has 5 nitrogen and oxygen atoms in total. The van der Waals surface area contributed by atoms with Crippen LogP contribution in [0.5, 0.6) is 0 Å². The smallest absolute Gasteiger partial charge is 0.213 e. The molecule has 2 N–H and O–H groups in total. The second-order valence-electron chi connectivity index (χ2n) is 4.67. The van der Waals surface area contributed by atoms with Crippen LogP contribution >= 0.6 is 12.2 Å². The SMILES string of the molecule is CCS(=O)(=O)N(C)CCCNC(=S)NCc1ccccc1. The Morgan fingerprint density at radius 2 is 1.90 bits per heavy atom. The first-order chi connectivity index (χ1) is 9.95. The third kappa shape index (κ3) is 6.88. The van der Waals surface area contributed by atoms with Crippen molar-refractivity contribution in [2.45, 2.75) is 19.9 Å². The minimum atomic E-state index is -3.09.